The van der Waals surface area contributed by atoms with Crippen molar-refractivity contribution in [2.45, 2.75) is 18.8 Å². The Morgan fingerprint density at radius 1 is 1.42 bits per heavy atom. The van der Waals surface area contributed by atoms with Crippen molar-refractivity contribution in [1.82, 2.24) is 9.88 Å². The third kappa shape index (κ3) is 3.28. The number of likely N-dealkylation sites (tertiary alicyclic amines) is 1. The second kappa shape index (κ2) is 6.10. The molecule has 0 aromatic carbocycles. The molecule has 2 heterocycles. The highest BCUT2D eigenvalue weighted by Crippen LogP contribution is 2.18. The standard InChI is InChI=1S/C13H18N2O4/c1-18-11-7-15(8-12(11)19-2)6-9-3-4-14-10(5-9)13(16)17/h3-5,11-12H,6-8H2,1-2H3,(H,16,17). The van der Waals surface area contributed by atoms with Gasteiger partial charge in [-0.3, -0.25) is 4.90 Å². The van der Waals surface area contributed by atoms with Crippen molar-refractivity contribution < 1.29 is 19.4 Å². The molecule has 1 saturated heterocycles. The lowest BCUT2D eigenvalue weighted by Crippen LogP contribution is -2.27. The number of methoxy groups -OCH3 is 2. The Morgan fingerprint density at radius 2 is 2.05 bits per heavy atom. The molecular formula is C13H18N2O4. The van der Waals surface area contributed by atoms with Gasteiger partial charge in [0.15, 0.2) is 0 Å². The zero-order valence-corrected chi connectivity index (χ0v) is 11.1. The second-order valence-electron chi connectivity index (χ2n) is 4.60. The maximum Gasteiger partial charge on any atom is 0.354 e. The summed E-state index contributed by atoms with van der Waals surface area (Å²) in [6.07, 6.45) is 1.65. The van der Waals surface area contributed by atoms with Crippen molar-refractivity contribution in [3.8, 4) is 0 Å². The van der Waals surface area contributed by atoms with Gasteiger partial charge in [0.1, 0.15) is 5.69 Å². The molecular weight excluding hydrogens is 248 g/mol. The number of carbonyl (C=O) groups is 1. The van der Waals surface area contributed by atoms with Crippen molar-refractivity contribution in [2.75, 3.05) is 27.3 Å². The van der Waals surface area contributed by atoms with Crippen LogP contribution >= 0.6 is 0 Å². The maximum atomic E-state index is 10.9. The van der Waals surface area contributed by atoms with Crippen LogP contribution in [0.2, 0.25) is 0 Å². The van der Waals surface area contributed by atoms with E-state index in [2.05, 4.69) is 9.88 Å². The van der Waals surface area contributed by atoms with Crippen molar-refractivity contribution in [1.29, 1.82) is 0 Å². The Balaban J connectivity index is 2.02. The minimum absolute atomic E-state index is 0.0609. The van der Waals surface area contributed by atoms with Gasteiger partial charge in [-0.05, 0) is 17.7 Å². The van der Waals surface area contributed by atoms with E-state index < -0.39 is 5.97 Å². The average molecular weight is 266 g/mol. The molecule has 0 spiro atoms. The molecule has 2 atom stereocenters. The zero-order chi connectivity index (χ0) is 13.8. The number of carboxylic acid groups (broad SMARTS) is 1. The van der Waals surface area contributed by atoms with Gasteiger partial charge in [-0.2, -0.15) is 0 Å². The molecule has 0 aliphatic carbocycles. The summed E-state index contributed by atoms with van der Waals surface area (Å²) in [6, 6.07) is 3.43. The first kappa shape index (κ1) is 13.9. The summed E-state index contributed by atoms with van der Waals surface area (Å²) in [7, 11) is 3.35. The fraction of sp³-hybridized carbons (Fsp3) is 0.538. The van der Waals surface area contributed by atoms with Gasteiger partial charge in [0.05, 0.1) is 12.2 Å². The van der Waals surface area contributed by atoms with E-state index in [1.54, 1.807) is 20.3 Å². The SMILES string of the molecule is COC1CN(Cc2ccnc(C(=O)O)c2)CC1OC. The van der Waals surface area contributed by atoms with Crippen LogP contribution in [0.15, 0.2) is 18.3 Å². The van der Waals surface area contributed by atoms with Gasteiger partial charge < -0.3 is 14.6 Å². The van der Waals surface area contributed by atoms with Gasteiger partial charge in [-0.15, -0.1) is 0 Å². The number of aromatic carboxylic acids is 1. The molecule has 0 saturated carbocycles. The average Bonchev–Trinajstić information content (AvgIpc) is 2.81. The lowest BCUT2D eigenvalue weighted by Gasteiger charge is -2.15. The summed E-state index contributed by atoms with van der Waals surface area (Å²) in [5.41, 5.74) is 1.00. The molecule has 0 radical (unpaired) electrons. The number of rotatable bonds is 5. The molecule has 1 fully saturated rings. The Morgan fingerprint density at radius 3 is 2.58 bits per heavy atom. The molecule has 19 heavy (non-hydrogen) atoms. The lowest BCUT2D eigenvalue weighted by molar-refractivity contribution is -0.00461. The Labute approximate surface area is 112 Å². The minimum atomic E-state index is -1.01. The number of nitrogens with zero attached hydrogens (tertiary/aromatic N) is 2. The van der Waals surface area contributed by atoms with Gasteiger partial charge in [0.25, 0.3) is 0 Å². The molecule has 1 aromatic heterocycles. The van der Waals surface area contributed by atoms with Crippen LogP contribution in [0.4, 0.5) is 0 Å². The number of carboxylic acids is 1. The molecule has 6 heteroatoms. The predicted molar refractivity (Wildman–Crippen MR) is 68.1 cm³/mol. The summed E-state index contributed by atoms with van der Waals surface area (Å²) in [5.74, 6) is -1.01. The molecule has 1 aliphatic rings. The second-order valence-corrected chi connectivity index (χ2v) is 4.60. The van der Waals surface area contributed by atoms with Crippen LogP contribution in [-0.4, -0.2) is 60.5 Å². The molecule has 104 valence electrons. The van der Waals surface area contributed by atoms with Crippen LogP contribution in [0, 0.1) is 0 Å². The molecule has 1 aromatic rings. The van der Waals surface area contributed by atoms with Crippen molar-refractivity contribution in [3.63, 3.8) is 0 Å². The number of hydrogen-bond acceptors (Lipinski definition) is 5. The highest BCUT2D eigenvalue weighted by molar-refractivity contribution is 5.85. The van der Waals surface area contributed by atoms with E-state index in [-0.39, 0.29) is 17.9 Å². The monoisotopic (exact) mass is 266 g/mol. The third-order valence-electron chi connectivity index (χ3n) is 3.35. The Kier molecular flexibility index (Phi) is 4.47. The molecule has 6 nitrogen and oxygen atoms in total. The maximum absolute atomic E-state index is 10.9. The summed E-state index contributed by atoms with van der Waals surface area (Å²) in [5, 5.41) is 8.91. The normalized spacial score (nSPS) is 23.7. The smallest absolute Gasteiger partial charge is 0.354 e. The number of aromatic nitrogens is 1. The number of ether oxygens (including phenoxy) is 2. The predicted octanol–water partition coefficient (Wildman–Crippen LogP) is 0.625. The zero-order valence-electron chi connectivity index (χ0n) is 11.1. The van der Waals surface area contributed by atoms with Crippen molar-refractivity contribution in [2.24, 2.45) is 0 Å². The van der Waals surface area contributed by atoms with Crippen molar-refractivity contribution in [3.05, 3.63) is 29.6 Å². The van der Waals surface area contributed by atoms with E-state index in [4.69, 9.17) is 14.6 Å². The van der Waals surface area contributed by atoms with Gasteiger partial charge in [-0.1, -0.05) is 0 Å². The fourth-order valence-corrected chi connectivity index (χ4v) is 2.35. The van der Waals surface area contributed by atoms with Crippen LogP contribution < -0.4 is 0 Å². The van der Waals surface area contributed by atoms with Gasteiger partial charge in [0.2, 0.25) is 0 Å². The summed E-state index contributed by atoms with van der Waals surface area (Å²) in [6.45, 7) is 2.22. The van der Waals surface area contributed by atoms with Crippen LogP contribution in [0.25, 0.3) is 0 Å². The first-order chi connectivity index (χ1) is 9.13. The van der Waals surface area contributed by atoms with E-state index in [0.717, 1.165) is 18.7 Å². The topological polar surface area (TPSA) is 71.9 Å². The van der Waals surface area contributed by atoms with Crippen LogP contribution in [0.5, 0.6) is 0 Å². The fourth-order valence-electron chi connectivity index (χ4n) is 2.35. The van der Waals surface area contributed by atoms with Crippen LogP contribution in [0.3, 0.4) is 0 Å². The quantitative estimate of drug-likeness (QED) is 0.842. The van der Waals surface area contributed by atoms with E-state index in [0.29, 0.717) is 6.54 Å². The molecule has 2 unspecified atom stereocenters. The third-order valence-corrected chi connectivity index (χ3v) is 3.35. The van der Waals surface area contributed by atoms with Gasteiger partial charge in [0, 0.05) is 40.1 Å². The minimum Gasteiger partial charge on any atom is -0.477 e. The summed E-state index contributed by atoms with van der Waals surface area (Å²) < 4.78 is 10.7. The van der Waals surface area contributed by atoms with E-state index in [1.807, 2.05) is 6.07 Å². The molecule has 1 aliphatic heterocycles. The molecule has 2 rings (SSSR count). The van der Waals surface area contributed by atoms with E-state index in [1.165, 1.54) is 6.20 Å². The first-order valence-electron chi connectivity index (χ1n) is 6.10. The van der Waals surface area contributed by atoms with Gasteiger partial charge >= 0.3 is 5.97 Å². The van der Waals surface area contributed by atoms with E-state index in [9.17, 15) is 4.79 Å². The molecule has 0 amide bonds. The summed E-state index contributed by atoms with van der Waals surface area (Å²) in [4.78, 5) is 16.9. The summed E-state index contributed by atoms with van der Waals surface area (Å²) >= 11 is 0. The van der Waals surface area contributed by atoms with Crippen molar-refractivity contribution >= 4 is 5.97 Å². The Hall–Kier alpha value is -1.50. The largest absolute Gasteiger partial charge is 0.477 e. The van der Waals surface area contributed by atoms with Crippen LogP contribution in [0.1, 0.15) is 16.1 Å². The molecule has 1 N–H and O–H groups in total. The first-order valence-corrected chi connectivity index (χ1v) is 6.10. The van der Waals surface area contributed by atoms with E-state index >= 15 is 0 Å². The number of hydrogen-bond donors (Lipinski definition) is 1. The Bertz CT molecular complexity index is 440. The van der Waals surface area contributed by atoms with Crippen LogP contribution in [-0.2, 0) is 16.0 Å². The van der Waals surface area contributed by atoms with Gasteiger partial charge in [-0.25, -0.2) is 9.78 Å². The lowest BCUT2D eigenvalue weighted by atomic mass is 10.2. The molecule has 0 bridgehead atoms. The highest BCUT2D eigenvalue weighted by atomic mass is 16.5. The highest BCUT2D eigenvalue weighted by Gasteiger charge is 2.32. The number of pyridine rings is 1.